The minimum atomic E-state index is -0.442. The summed E-state index contributed by atoms with van der Waals surface area (Å²) in [5.41, 5.74) is 0.938. The van der Waals surface area contributed by atoms with Crippen LogP contribution < -0.4 is 0 Å². The van der Waals surface area contributed by atoms with Crippen molar-refractivity contribution in [2.45, 2.75) is 65.4 Å². The van der Waals surface area contributed by atoms with Crippen molar-refractivity contribution in [1.29, 1.82) is 0 Å². The quantitative estimate of drug-likeness (QED) is 0.794. The van der Waals surface area contributed by atoms with Crippen LogP contribution in [-0.2, 0) is 9.59 Å². The number of aliphatic hydroxyl groups is 2. The Balaban J connectivity index is 1.73. The van der Waals surface area contributed by atoms with Crippen LogP contribution >= 0.6 is 0 Å². The van der Waals surface area contributed by atoms with Crippen LogP contribution in [0.3, 0.4) is 0 Å². The van der Waals surface area contributed by atoms with E-state index in [1.807, 2.05) is 6.08 Å². The average Bonchev–Trinajstić information content (AvgIpc) is 2.84. The number of carbonyl (C=O) groups is 2. The molecular weight excluding hydrogens is 328 g/mol. The molecule has 0 aliphatic heterocycles. The number of aliphatic hydroxyl groups excluding tert-OH is 2. The zero-order valence-corrected chi connectivity index (χ0v) is 16.2. The summed E-state index contributed by atoms with van der Waals surface area (Å²) in [5.74, 6) is 1.29. The number of fused-ring (bicyclic) bond motifs is 5. The van der Waals surface area contributed by atoms with E-state index in [0.29, 0.717) is 24.7 Å². The zero-order valence-electron chi connectivity index (χ0n) is 16.2. The lowest BCUT2D eigenvalue weighted by Crippen LogP contribution is -2.57. The zero-order chi connectivity index (χ0) is 18.9. The summed E-state index contributed by atoms with van der Waals surface area (Å²) in [5, 5.41) is 20.7. The molecule has 4 nitrogen and oxygen atoms in total. The molecule has 0 heterocycles. The molecule has 0 aromatic heterocycles. The molecule has 3 fully saturated rings. The van der Waals surface area contributed by atoms with Crippen LogP contribution in [-0.4, -0.2) is 34.5 Å². The molecule has 26 heavy (non-hydrogen) atoms. The van der Waals surface area contributed by atoms with Gasteiger partial charge in [-0.3, -0.25) is 9.59 Å². The van der Waals surface area contributed by atoms with E-state index in [0.717, 1.165) is 25.7 Å². The molecule has 4 aliphatic carbocycles. The first-order valence-electron chi connectivity index (χ1n) is 10.3. The number of rotatable bonds is 2. The number of Topliss-reactive ketones (excluding diaryl/α,β-unsaturated/α-hetero) is 1. The first kappa shape index (κ1) is 18.4. The van der Waals surface area contributed by atoms with E-state index in [9.17, 15) is 19.8 Å². The predicted molar refractivity (Wildman–Crippen MR) is 98.2 cm³/mol. The van der Waals surface area contributed by atoms with E-state index in [2.05, 4.69) is 20.8 Å². The van der Waals surface area contributed by atoms with E-state index in [1.165, 1.54) is 5.57 Å². The summed E-state index contributed by atoms with van der Waals surface area (Å²) < 4.78 is 0. The van der Waals surface area contributed by atoms with Crippen molar-refractivity contribution in [1.82, 2.24) is 0 Å². The Hall–Kier alpha value is -1.00. The Bertz CT molecular complexity index is 667. The number of allylic oxidation sites excluding steroid dienone is 1. The first-order chi connectivity index (χ1) is 12.2. The Morgan fingerprint density at radius 3 is 2.73 bits per heavy atom. The number of hydrogen-bond acceptors (Lipinski definition) is 4. The highest BCUT2D eigenvalue weighted by molar-refractivity contribution is 5.91. The van der Waals surface area contributed by atoms with Crippen LogP contribution in [0.5, 0.6) is 0 Å². The van der Waals surface area contributed by atoms with E-state index in [4.69, 9.17) is 0 Å². The number of ketones is 2. The van der Waals surface area contributed by atoms with Gasteiger partial charge in [-0.05, 0) is 72.7 Å². The van der Waals surface area contributed by atoms with Crippen LogP contribution in [0.4, 0.5) is 0 Å². The molecule has 4 aliphatic rings. The molecule has 0 aromatic rings. The van der Waals surface area contributed by atoms with Crippen LogP contribution in [0.1, 0.15) is 59.3 Å². The molecule has 0 radical (unpaired) electrons. The van der Waals surface area contributed by atoms with Gasteiger partial charge in [0, 0.05) is 12.3 Å². The van der Waals surface area contributed by atoms with Crippen LogP contribution in [0.15, 0.2) is 11.6 Å². The van der Waals surface area contributed by atoms with Gasteiger partial charge in [0.25, 0.3) is 0 Å². The highest BCUT2D eigenvalue weighted by Gasteiger charge is 2.64. The third-order valence-corrected chi connectivity index (χ3v) is 8.74. The summed E-state index contributed by atoms with van der Waals surface area (Å²) in [4.78, 5) is 24.4. The summed E-state index contributed by atoms with van der Waals surface area (Å²) in [6, 6.07) is 0. The molecular formula is C22H32O4. The van der Waals surface area contributed by atoms with Crippen LogP contribution in [0.2, 0.25) is 0 Å². The molecule has 0 aromatic carbocycles. The summed E-state index contributed by atoms with van der Waals surface area (Å²) in [6.07, 6.45) is 6.43. The maximum atomic E-state index is 12.5. The van der Waals surface area contributed by atoms with Crippen molar-refractivity contribution in [2.24, 2.45) is 40.4 Å². The standard InChI is InChI=1S/C22H32O4/c1-12-8-16-15-5-4-13-9-14(24)6-7-21(13,2)20(15)17(25)10-22(16,3)19(12)18(26)11-23/h9,12,15-17,19-20,23,25H,4-8,10-11H2,1-3H3/t12?,15-,16-,17-,19+,20+,21-,22-/m0/s1. The third kappa shape index (κ3) is 2.34. The van der Waals surface area contributed by atoms with Crippen LogP contribution in [0, 0.1) is 40.4 Å². The van der Waals surface area contributed by atoms with Crippen molar-refractivity contribution in [2.75, 3.05) is 6.61 Å². The van der Waals surface area contributed by atoms with Gasteiger partial charge >= 0.3 is 0 Å². The molecule has 0 saturated heterocycles. The van der Waals surface area contributed by atoms with Gasteiger partial charge in [0.1, 0.15) is 6.61 Å². The number of hydrogen-bond donors (Lipinski definition) is 2. The fourth-order valence-electron chi connectivity index (χ4n) is 7.84. The second kappa shape index (κ2) is 6.00. The van der Waals surface area contributed by atoms with Gasteiger partial charge < -0.3 is 10.2 Å². The molecule has 8 atom stereocenters. The molecule has 4 rings (SSSR count). The van der Waals surface area contributed by atoms with Gasteiger partial charge in [-0.2, -0.15) is 0 Å². The number of carbonyl (C=O) groups excluding carboxylic acids is 2. The molecule has 2 N–H and O–H groups in total. The summed E-state index contributed by atoms with van der Waals surface area (Å²) >= 11 is 0. The Labute approximate surface area is 156 Å². The highest BCUT2D eigenvalue weighted by atomic mass is 16.3. The summed E-state index contributed by atoms with van der Waals surface area (Å²) in [7, 11) is 0. The van der Waals surface area contributed by atoms with E-state index >= 15 is 0 Å². The molecule has 0 amide bonds. The predicted octanol–water partition coefficient (Wildman–Crippen LogP) is 2.91. The molecule has 144 valence electrons. The maximum Gasteiger partial charge on any atom is 0.162 e. The third-order valence-electron chi connectivity index (χ3n) is 8.74. The van der Waals surface area contributed by atoms with E-state index in [1.54, 1.807) is 0 Å². The largest absolute Gasteiger partial charge is 0.393 e. The molecule has 1 unspecified atom stereocenters. The van der Waals surface area contributed by atoms with Crippen molar-refractivity contribution in [3.8, 4) is 0 Å². The molecule has 3 saturated carbocycles. The lowest BCUT2D eigenvalue weighted by atomic mass is 9.46. The van der Waals surface area contributed by atoms with Gasteiger partial charge in [-0.25, -0.2) is 0 Å². The van der Waals surface area contributed by atoms with Crippen molar-refractivity contribution in [3.63, 3.8) is 0 Å². The minimum absolute atomic E-state index is 0.0565. The van der Waals surface area contributed by atoms with Gasteiger partial charge in [0.2, 0.25) is 0 Å². The first-order valence-corrected chi connectivity index (χ1v) is 10.3. The van der Waals surface area contributed by atoms with E-state index < -0.39 is 12.7 Å². The minimum Gasteiger partial charge on any atom is -0.393 e. The maximum absolute atomic E-state index is 12.5. The fraction of sp³-hybridized carbons (Fsp3) is 0.818. The Morgan fingerprint density at radius 1 is 1.31 bits per heavy atom. The Kier molecular flexibility index (Phi) is 4.24. The molecule has 0 spiro atoms. The topological polar surface area (TPSA) is 74.6 Å². The van der Waals surface area contributed by atoms with E-state index in [-0.39, 0.29) is 40.2 Å². The van der Waals surface area contributed by atoms with Crippen molar-refractivity contribution >= 4 is 11.6 Å². The average molecular weight is 360 g/mol. The van der Waals surface area contributed by atoms with Crippen LogP contribution in [0.25, 0.3) is 0 Å². The van der Waals surface area contributed by atoms with Gasteiger partial charge in [-0.1, -0.05) is 26.3 Å². The van der Waals surface area contributed by atoms with Crippen molar-refractivity contribution < 1.29 is 19.8 Å². The molecule has 0 bridgehead atoms. The summed E-state index contributed by atoms with van der Waals surface area (Å²) in [6.45, 7) is 6.17. The van der Waals surface area contributed by atoms with Gasteiger partial charge in [0.15, 0.2) is 11.6 Å². The van der Waals surface area contributed by atoms with Gasteiger partial charge in [-0.15, -0.1) is 0 Å². The second-order valence-electron chi connectivity index (χ2n) is 9.98. The SMILES string of the molecule is CC1C[C@H]2[C@@H]3CCC4=CC(=O)CC[C@]4(C)[C@H]3[C@@H](O)C[C@]2(C)[C@H]1C(=O)CO. The smallest absolute Gasteiger partial charge is 0.162 e. The van der Waals surface area contributed by atoms with Gasteiger partial charge in [0.05, 0.1) is 6.10 Å². The Morgan fingerprint density at radius 2 is 2.04 bits per heavy atom. The lowest BCUT2D eigenvalue weighted by molar-refractivity contribution is -0.147. The van der Waals surface area contributed by atoms with Crippen molar-refractivity contribution in [3.05, 3.63) is 11.6 Å². The monoisotopic (exact) mass is 360 g/mol. The highest BCUT2D eigenvalue weighted by Crippen LogP contribution is 2.67. The fourth-order valence-corrected chi connectivity index (χ4v) is 7.84. The molecule has 4 heteroatoms. The lowest BCUT2D eigenvalue weighted by Gasteiger charge is -2.59. The second-order valence-corrected chi connectivity index (χ2v) is 9.98. The normalized spacial score (nSPS) is 50.5.